The Bertz CT molecular complexity index is 1190. The molecule has 1 saturated carbocycles. The normalized spacial score (nSPS) is 24.8. The number of nitrogens with zero attached hydrogens (tertiary/aromatic N) is 4. The minimum atomic E-state index is -0.547. The van der Waals surface area contributed by atoms with Crippen LogP contribution in [0.1, 0.15) is 43.0 Å². The van der Waals surface area contributed by atoms with Gasteiger partial charge >= 0.3 is 0 Å². The van der Waals surface area contributed by atoms with Gasteiger partial charge in [-0.1, -0.05) is 47.6 Å². The van der Waals surface area contributed by atoms with Gasteiger partial charge in [-0.25, -0.2) is 4.98 Å². The Balaban J connectivity index is 1.33. The van der Waals surface area contributed by atoms with Crippen LogP contribution >= 0.6 is 0 Å². The number of hydrogen-bond acceptors (Lipinski definition) is 4. The van der Waals surface area contributed by atoms with Gasteiger partial charge in [0.1, 0.15) is 0 Å². The summed E-state index contributed by atoms with van der Waals surface area (Å²) in [6.45, 7) is 5.15. The average Bonchev–Trinajstić information content (AvgIpc) is 3.23. The summed E-state index contributed by atoms with van der Waals surface area (Å²) in [7, 11) is 0. The van der Waals surface area contributed by atoms with Gasteiger partial charge in [-0.05, 0) is 60.9 Å². The maximum absolute atomic E-state index is 6.10. The monoisotopic (exact) mass is 410 g/mol. The lowest BCUT2D eigenvalue weighted by Crippen LogP contribution is -2.50. The Labute approximate surface area is 182 Å². The first kappa shape index (κ1) is 18.4. The van der Waals surface area contributed by atoms with E-state index in [0.717, 1.165) is 35.7 Å². The Kier molecular flexibility index (Phi) is 3.91. The van der Waals surface area contributed by atoms with E-state index in [1.54, 1.807) is 0 Å². The van der Waals surface area contributed by atoms with E-state index in [1.165, 1.54) is 24.0 Å². The van der Waals surface area contributed by atoms with E-state index in [1.807, 2.05) is 30.1 Å². The lowest BCUT2D eigenvalue weighted by molar-refractivity contribution is -0.0968. The van der Waals surface area contributed by atoms with Crippen molar-refractivity contribution < 1.29 is 4.84 Å². The summed E-state index contributed by atoms with van der Waals surface area (Å²) in [5.74, 6) is 0.984. The Morgan fingerprint density at radius 3 is 2.48 bits per heavy atom. The zero-order valence-electron chi connectivity index (χ0n) is 18.0. The first-order valence-corrected chi connectivity index (χ1v) is 11.0. The minimum absolute atomic E-state index is 0.364. The topological polar surface area (TPSA) is 42.7 Å². The van der Waals surface area contributed by atoms with Crippen LogP contribution in [0.2, 0.25) is 0 Å². The zero-order valence-corrected chi connectivity index (χ0v) is 18.0. The Morgan fingerprint density at radius 1 is 1.03 bits per heavy atom. The van der Waals surface area contributed by atoms with E-state index < -0.39 is 5.72 Å². The van der Waals surface area contributed by atoms with Crippen LogP contribution < -0.4 is 0 Å². The number of aryl methyl sites for hydroxylation is 1. The second-order valence-corrected chi connectivity index (χ2v) is 9.30. The van der Waals surface area contributed by atoms with Gasteiger partial charge < -0.3 is 14.3 Å². The molecule has 1 saturated heterocycles. The first-order chi connectivity index (χ1) is 15.0. The maximum Gasteiger partial charge on any atom is 0.234 e. The van der Waals surface area contributed by atoms with Crippen molar-refractivity contribution in [1.29, 1.82) is 0 Å². The number of aromatic nitrogens is 2. The molecule has 5 nitrogen and oxygen atoms in total. The molecule has 2 aromatic carbocycles. The van der Waals surface area contributed by atoms with Crippen LogP contribution in [-0.4, -0.2) is 26.8 Å². The van der Waals surface area contributed by atoms with E-state index in [-0.39, 0.29) is 0 Å². The number of oxime groups is 1. The highest BCUT2D eigenvalue weighted by Gasteiger charge is 2.56. The fourth-order valence-electron chi connectivity index (χ4n) is 4.85. The van der Waals surface area contributed by atoms with Crippen LogP contribution in [0.4, 0.5) is 0 Å². The number of fused-ring (bicyclic) bond motifs is 1. The van der Waals surface area contributed by atoms with E-state index >= 15 is 0 Å². The van der Waals surface area contributed by atoms with Crippen molar-refractivity contribution in [2.75, 3.05) is 6.54 Å². The third-order valence-electron chi connectivity index (χ3n) is 6.94. The van der Waals surface area contributed by atoms with Crippen molar-refractivity contribution in [3.63, 3.8) is 0 Å². The van der Waals surface area contributed by atoms with E-state index in [4.69, 9.17) is 4.84 Å². The number of imidazole rings is 1. The number of rotatable bonds is 3. The quantitative estimate of drug-likeness (QED) is 0.591. The molecule has 1 unspecified atom stereocenters. The third-order valence-corrected chi connectivity index (χ3v) is 6.94. The second kappa shape index (κ2) is 6.58. The summed E-state index contributed by atoms with van der Waals surface area (Å²) < 4.78 is 2.05. The predicted molar refractivity (Wildman–Crippen MR) is 122 cm³/mol. The lowest BCUT2D eigenvalue weighted by Gasteiger charge is -2.41. The summed E-state index contributed by atoms with van der Waals surface area (Å²) in [5.41, 5.74) is 5.55. The van der Waals surface area contributed by atoms with Crippen molar-refractivity contribution in [2.24, 2.45) is 10.6 Å². The molecule has 1 aromatic heterocycles. The molecule has 2 aliphatic heterocycles. The van der Waals surface area contributed by atoms with Crippen molar-refractivity contribution in [2.45, 2.75) is 38.8 Å². The van der Waals surface area contributed by atoms with Crippen molar-refractivity contribution in [3.05, 3.63) is 89.5 Å². The Hall–Kier alpha value is -3.34. The summed E-state index contributed by atoms with van der Waals surface area (Å²) in [6, 6.07) is 19.1. The molecule has 3 aromatic rings. The standard InChI is InChI=1S/C26H26N4O/c1-19-16-29(18-27-19)23-10-8-20(9-11-23)14-21-15-26(12-13-26)17-30-24(21)28-31-25(30,2)22-6-4-3-5-7-22/h3-11,14,16,18H,12-13,15,17H2,1-2H3/b21-14+. The molecule has 1 spiro atoms. The molecule has 1 aliphatic carbocycles. The maximum atomic E-state index is 6.10. The number of amidine groups is 1. The molecular weight excluding hydrogens is 384 g/mol. The van der Waals surface area contributed by atoms with Crippen LogP contribution in [0, 0.1) is 12.3 Å². The van der Waals surface area contributed by atoms with Gasteiger partial charge in [0.2, 0.25) is 5.72 Å². The molecule has 2 fully saturated rings. The summed E-state index contributed by atoms with van der Waals surface area (Å²) in [4.78, 5) is 12.8. The fourth-order valence-corrected chi connectivity index (χ4v) is 4.85. The Morgan fingerprint density at radius 2 is 1.81 bits per heavy atom. The fraction of sp³-hybridized carbons (Fsp3) is 0.308. The van der Waals surface area contributed by atoms with E-state index in [2.05, 4.69) is 76.6 Å². The lowest BCUT2D eigenvalue weighted by atomic mass is 9.86. The molecule has 5 heteroatoms. The van der Waals surface area contributed by atoms with E-state index in [0.29, 0.717) is 5.41 Å². The van der Waals surface area contributed by atoms with Crippen molar-refractivity contribution in [3.8, 4) is 5.69 Å². The van der Waals surface area contributed by atoms with Gasteiger partial charge in [0.05, 0.1) is 12.0 Å². The van der Waals surface area contributed by atoms with Gasteiger partial charge in [-0.15, -0.1) is 0 Å². The van der Waals surface area contributed by atoms with Crippen molar-refractivity contribution >= 4 is 11.9 Å². The predicted octanol–water partition coefficient (Wildman–Crippen LogP) is 5.27. The second-order valence-electron chi connectivity index (χ2n) is 9.30. The highest BCUT2D eigenvalue weighted by Crippen LogP contribution is 2.57. The van der Waals surface area contributed by atoms with E-state index in [9.17, 15) is 0 Å². The van der Waals surface area contributed by atoms with Crippen LogP contribution in [0.15, 0.2) is 77.9 Å². The van der Waals surface area contributed by atoms with Crippen LogP contribution in [-0.2, 0) is 10.6 Å². The molecule has 6 rings (SSSR count). The molecule has 3 heterocycles. The highest BCUT2D eigenvalue weighted by molar-refractivity contribution is 6.04. The number of hydrogen-bond donors (Lipinski definition) is 0. The number of piperidine rings is 1. The van der Waals surface area contributed by atoms with Gasteiger partial charge in [0.15, 0.2) is 5.84 Å². The van der Waals surface area contributed by atoms with Crippen LogP contribution in [0.3, 0.4) is 0 Å². The summed E-state index contributed by atoms with van der Waals surface area (Å²) in [5, 5.41) is 4.59. The van der Waals surface area contributed by atoms with Crippen LogP contribution in [0.25, 0.3) is 11.8 Å². The molecule has 0 N–H and O–H groups in total. The van der Waals surface area contributed by atoms with Crippen molar-refractivity contribution in [1.82, 2.24) is 14.5 Å². The van der Waals surface area contributed by atoms with Gasteiger partial charge in [0, 0.05) is 30.9 Å². The first-order valence-electron chi connectivity index (χ1n) is 11.0. The van der Waals surface area contributed by atoms with Crippen LogP contribution in [0.5, 0.6) is 0 Å². The molecular formula is C26H26N4O. The summed E-state index contributed by atoms with van der Waals surface area (Å²) in [6.07, 6.45) is 9.80. The SMILES string of the molecule is Cc1cn(-c2ccc(/C=C3\CC4(CC4)CN4C3=NOC4(C)c3ccccc3)cc2)cn1. The molecule has 156 valence electrons. The molecule has 31 heavy (non-hydrogen) atoms. The molecule has 0 bridgehead atoms. The highest BCUT2D eigenvalue weighted by atomic mass is 16.7. The molecule has 0 radical (unpaired) electrons. The molecule has 1 atom stereocenters. The summed E-state index contributed by atoms with van der Waals surface area (Å²) >= 11 is 0. The van der Waals surface area contributed by atoms with Gasteiger partial charge in [-0.2, -0.15) is 0 Å². The number of benzene rings is 2. The zero-order chi connectivity index (χ0) is 21.1. The molecule has 3 aliphatic rings. The minimum Gasteiger partial charge on any atom is -0.360 e. The van der Waals surface area contributed by atoms with Gasteiger partial charge in [0.25, 0.3) is 0 Å². The van der Waals surface area contributed by atoms with Gasteiger partial charge in [-0.3, -0.25) is 0 Å². The smallest absolute Gasteiger partial charge is 0.234 e. The third kappa shape index (κ3) is 3.07. The molecule has 0 amide bonds. The largest absolute Gasteiger partial charge is 0.360 e. The average molecular weight is 411 g/mol.